The van der Waals surface area contributed by atoms with Crippen LogP contribution in [-0.2, 0) is 6.42 Å². The Morgan fingerprint density at radius 3 is 2.87 bits per heavy atom. The zero-order chi connectivity index (χ0) is 10.1. The van der Waals surface area contributed by atoms with Crippen LogP contribution in [0, 0.1) is 11.3 Å². The van der Waals surface area contributed by atoms with Gasteiger partial charge in [-0.1, -0.05) is 0 Å². The van der Waals surface area contributed by atoms with Crippen molar-refractivity contribution in [1.82, 2.24) is 5.32 Å². The van der Waals surface area contributed by atoms with Crippen molar-refractivity contribution in [3.63, 3.8) is 0 Å². The van der Waals surface area contributed by atoms with E-state index < -0.39 is 0 Å². The van der Waals surface area contributed by atoms with Gasteiger partial charge in [0.15, 0.2) is 0 Å². The van der Waals surface area contributed by atoms with E-state index in [1.165, 1.54) is 44.2 Å². The highest BCUT2D eigenvalue weighted by molar-refractivity contribution is 7.07. The first-order chi connectivity index (χ1) is 7.39. The fourth-order valence-electron chi connectivity index (χ4n) is 2.59. The molecule has 1 N–H and O–H groups in total. The van der Waals surface area contributed by atoms with Gasteiger partial charge in [0, 0.05) is 6.54 Å². The molecule has 1 aromatic heterocycles. The summed E-state index contributed by atoms with van der Waals surface area (Å²) >= 11 is 1.80. The number of nitrogens with one attached hydrogen (secondary N) is 1. The van der Waals surface area contributed by atoms with Gasteiger partial charge in [0.1, 0.15) is 0 Å². The van der Waals surface area contributed by atoms with Crippen LogP contribution in [0.15, 0.2) is 16.8 Å². The first-order valence-electron chi connectivity index (χ1n) is 6.11. The molecule has 0 bridgehead atoms. The molecule has 0 spiro atoms. The lowest BCUT2D eigenvalue weighted by atomic mass is 10.0. The molecule has 0 aliphatic heterocycles. The minimum Gasteiger partial charge on any atom is -0.316 e. The Morgan fingerprint density at radius 1 is 1.40 bits per heavy atom. The highest BCUT2D eigenvalue weighted by atomic mass is 32.1. The van der Waals surface area contributed by atoms with E-state index in [2.05, 4.69) is 22.1 Å². The molecule has 2 aliphatic carbocycles. The molecule has 0 radical (unpaired) electrons. The van der Waals surface area contributed by atoms with Crippen molar-refractivity contribution in [2.24, 2.45) is 11.3 Å². The summed E-state index contributed by atoms with van der Waals surface area (Å²) in [6.45, 7) is 2.44. The molecular formula is C13H19NS. The Kier molecular flexibility index (Phi) is 2.57. The largest absolute Gasteiger partial charge is 0.316 e. The van der Waals surface area contributed by atoms with Crippen molar-refractivity contribution in [2.45, 2.75) is 32.1 Å². The Labute approximate surface area is 95.9 Å². The van der Waals surface area contributed by atoms with Crippen molar-refractivity contribution in [3.05, 3.63) is 22.4 Å². The van der Waals surface area contributed by atoms with Crippen molar-refractivity contribution >= 4 is 11.3 Å². The molecule has 2 fully saturated rings. The lowest BCUT2D eigenvalue weighted by Gasteiger charge is -2.14. The third-order valence-corrected chi connectivity index (χ3v) is 4.72. The van der Waals surface area contributed by atoms with Crippen molar-refractivity contribution in [1.29, 1.82) is 0 Å². The average Bonchev–Trinajstić information content (AvgIpc) is 3.13. The van der Waals surface area contributed by atoms with Crippen LogP contribution in [0.3, 0.4) is 0 Å². The topological polar surface area (TPSA) is 12.0 Å². The Bertz CT molecular complexity index is 309. The van der Waals surface area contributed by atoms with Gasteiger partial charge < -0.3 is 5.32 Å². The van der Waals surface area contributed by atoms with Gasteiger partial charge >= 0.3 is 0 Å². The fourth-order valence-corrected chi connectivity index (χ4v) is 3.29. The molecule has 2 heteroatoms. The molecule has 1 aromatic rings. The second-order valence-electron chi connectivity index (χ2n) is 5.20. The van der Waals surface area contributed by atoms with Crippen LogP contribution in [0.5, 0.6) is 0 Å². The molecule has 3 rings (SSSR count). The second-order valence-corrected chi connectivity index (χ2v) is 5.98. The third kappa shape index (κ3) is 2.26. The van der Waals surface area contributed by atoms with Gasteiger partial charge in [0.05, 0.1) is 0 Å². The molecule has 0 amide bonds. The Balaban J connectivity index is 1.37. The summed E-state index contributed by atoms with van der Waals surface area (Å²) in [5.41, 5.74) is 2.25. The molecular weight excluding hydrogens is 202 g/mol. The Hall–Kier alpha value is -0.340. The molecule has 0 aromatic carbocycles. The summed E-state index contributed by atoms with van der Waals surface area (Å²) in [6, 6.07) is 2.24. The zero-order valence-electron chi connectivity index (χ0n) is 9.17. The summed E-state index contributed by atoms with van der Waals surface area (Å²) in [5.74, 6) is 1.09. The van der Waals surface area contributed by atoms with Crippen LogP contribution in [0.2, 0.25) is 0 Å². The molecule has 1 nitrogen and oxygen atoms in total. The lowest BCUT2D eigenvalue weighted by molar-refractivity contribution is 0.406. The first-order valence-corrected chi connectivity index (χ1v) is 7.05. The van der Waals surface area contributed by atoms with Gasteiger partial charge in [0.2, 0.25) is 0 Å². The maximum atomic E-state index is 3.65. The highest BCUT2D eigenvalue weighted by Gasteiger charge is 2.52. The predicted octanol–water partition coefficient (Wildman–Crippen LogP) is 3.07. The summed E-state index contributed by atoms with van der Waals surface area (Å²) in [5, 5.41) is 8.08. The minimum absolute atomic E-state index is 0.759. The number of thiophene rings is 1. The molecule has 15 heavy (non-hydrogen) atoms. The quantitative estimate of drug-likeness (QED) is 0.728. The molecule has 0 unspecified atom stereocenters. The maximum Gasteiger partial charge on any atom is 0.00106 e. The molecule has 1 heterocycles. The van der Waals surface area contributed by atoms with Crippen LogP contribution in [0.1, 0.15) is 31.2 Å². The Morgan fingerprint density at radius 2 is 2.27 bits per heavy atom. The van der Waals surface area contributed by atoms with E-state index in [4.69, 9.17) is 0 Å². The maximum absolute atomic E-state index is 3.65. The summed E-state index contributed by atoms with van der Waals surface area (Å²) in [6.07, 6.45) is 7.19. The SMILES string of the molecule is c1cc(CCNCC2(C3CC3)CC2)cs1. The minimum atomic E-state index is 0.759. The van der Waals surface area contributed by atoms with Gasteiger partial charge in [-0.15, -0.1) is 0 Å². The standard InChI is InChI=1S/C13H19NS/c1-2-12(1)13(5-6-13)10-14-7-3-11-4-8-15-9-11/h4,8-9,12,14H,1-3,5-7,10H2. The van der Waals surface area contributed by atoms with Gasteiger partial charge in [0.25, 0.3) is 0 Å². The van der Waals surface area contributed by atoms with E-state index in [1.807, 2.05) is 0 Å². The van der Waals surface area contributed by atoms with E-state index in [0.29, 0.717) is 0 Å². The van der Waals surface area contributed by atoms with Gasteiger partial charge in [-0.25, -0.2) is 0 Å². The number of hydrogen-bond acceptors (Lipinski definition) is 2. The third-order valence-electron chi connectivity index (χ3n) is 3.98. The highest BCUT2D eigenvalue weighted by Crippen LogP contribution is 2.60. The van der Waals surface area contributed by atoms with E-state index >= 15 is 0 Å². The summed E-state index contributed by atoms with van der Waals surface area (Å²) < 4.78 is 0. The first kappa shape index (κ1) is 9.86. The van der Waals surface area contributed by atoms with Crippen LogP contribution in [0.25, 0.3) is 0 Å². The summed E-state index contributed by atoms with van der Waals surface area (Å²) in [4.78, 5) is 0. The lowest BCUT2D eigenvalue weighted by Crippen LogP contribution is -2.27. The smallest absolute Gasteiger partial charge is 0.00106 e. The normalized spacial score (nSPS) is 22.9. The average molecular weight is 221 g/mol. The van der Waals surface area contributed by atoms with Gasteiger partial charge in [-0.3, -0.25) is 0 Å². The van der Waals surface area contributed by atoms with Gasteiger partial charge in [-0.05, 0) is 72.4 Å². The van der Waals surface area contributed by atoms with Gasteiger partial charge in [-0.2, -0.15) is 11.3 Å². The van der Waals surface area contributed by atoms with E-state index in [9.17, 15) is 0 Å². The predicted molar refractivity (Wildman–Crippen MR) is 65.3 cm³/mol. The molecule has 0 saturated heterocycles. The zero-order valence-corrected chi connectivity index (χ0v) is 9.98. The number of rotatable bonds is 6. The fraction of sp³-hybridized carbons (Fsp3) is 0.692. The van der Waals surface area contributed by atoms with Crippen LogP contribution < -0.4 is 5.32 Å². The van der Waals surface area contributed by atoms with E-state index in [-0.39, 0.29) is 0 Å². The second kappa shape index (κ2) is 3.91. The number of hydrogen-bond donors (Lipinski definition) is 1. The van der Waals surface area contributed by atoms with Crippen LogP contribution >= 0.6 is 11.3 Å². The van der Waals surface area contributed by atoms with Crippen LogP contribution in [-0.4, -0.2) is 13.1 Å². The van der Waals surface area contributed by atoms with Crippen molar-refractivity contribution in [2.75, 3.05) is 13.1 Å². The van der Waals surface area contributed by atoms with Crippen molar-refractivity contribution in [3.8, 4) is 0 Å². The molecule has 82 valence electrons. The van der Waals surface area contributed by atoms with E-state index in [0.717, 1.165) is 17.9 Å². The van der Waals surface area contributed by atoms with Crippen LogP contribution in [0.4, 0.5) is 0 Å². The van der Waals surface area contributed by atoms with Crippen molar-refractivity contribution < 1.29 is 0 Å². The summed E-state index contributed by atoms with van der Waals surface area (Å²) in [7, 11) is 0. The molecule has 2 aliphatic rings. The van der Waals surface area contributed by atoms with E-state index in [1.54, 1.807) is 11.3 Å². The molecule has 2 saturated carbocycles. The monoisotopic (exact) mass is 221 g/mol. The molecule has 0 atom stereocenters.